The molecule has 1 aromatic heterocycles. The molecule has 0 aliphatic heterocycles. The van der Waals surface area contributed by atoms with Crippen molar-refractivity contribution in [3.63, 3.8) is 0 Å². The fourth-order valence-electron chi connectivity index (χ4n) is 0.961. The molecule has 0 bridgehead atoms. The molecule has 0 spiro atoms. The van der Waals surface area contributed by atoms with Crippen LogP contribution in [0.2, 0.25) is 0 Å². The lowest BCUT2D eigenvalue weighted by Gasteiger charge is -2.14. The van der Waals surface area contributed by atoms with E-state index in [0.29, 0.717) is 0 Å². The van der Waals surface area contributed by atoms with Crippen molar-refractivity contribution >= 4 is 12.1 Å². The zero-order valence-corrected chi connectivity index (χ0v) is 10.1. The number of pyridine rings is 1. The molecule has 1 aromatic rings. The van der Waals surface area contributed by atoms with Crippen LogP contribution in [0.1, 0.15) is 32.2 Å². The van der Waals surface area contributed by atoms with Gasteiger partial charge in [-0.15, -0.1) is 0 Å². The minimum Gasteiger partial charge on any atom is -0.273 e. The third-order valence-corrected chi connectivity index (χ3v) is 1.95. The maximum atomic E-state index is 11.5. The molecule has 0 aliphatic rings. The molecular weight excluding hydrogens is 202 g/mol. The molecule has 0 radical (unpaired) electrons. The number of hydrazone groups is 1. The van der Waals surface area contributed by atoms with Crippen LogP contribution in [0.15, 0.2) is 23.3 Å². The van der Waals surface area contributed by atoms with Crippen molar-refractivity contribution in [1.82, 2.24) is 10.4 Å². The van der Waals surface area contributed by atoms with Crippen LogP contribution in [-0.2, 0) is 4.79 Å². The number of amides is 1. The summed E-state index contributed by atoms with van der Waals surface area (Å²) in [5.74, 6) is -0.114. The van der Waals surface area contributed by atoms with Crippen LogP contribution in [0.4, 0.5) is 0 Å². The van der Waals surface area contributed by atoms with E-state index in [1.54, 1.807) is 0 Å². The van der Waals surface area contributed by atoms with Gasteiger partial charge in [0.05, 0.1) is 11.9 Å². The van der Waals surface area contributed by atoms with Gasteiger partial charge in [0.25, 0.3) is 0 Å². The van der Waals surface area contributed by atoms with Gasteiger partial charge in [-0.05, 0) is 19.1 Å². The van der Waals surface area contributed by atoms with Crippen LogP contribution in [-0.4, -0.2) is 17.1 Å². The Bertz CT molecular complexity index is 405. The summed E-state index contributed by atoms with van der Waals surface area (Å²) in [4.78, 5) is 15.7. The second-order valence-electron chi connectivity index (χ2n) is 4.65. The van der Waals surface area contributed by atoms with Gasteiger partial charge in [0.2, 0.25) is 5.91 Å². The standard InChI is InChI=1S/C12H17N3O/c1-9-6-5-7-10(14-9)8-13-15-11(16)12(2,3)4/h5-8H,1-4H3,(H,15,16)/b13-8-. The first kappa shape index (κ1) is 12.4. The molecule has 0 unspecified atom stereocenters. The van der Waals surface area contributed by atoms with Crippen LogP contribution in [0.5, 0.6) is 0 Å². The van der Waals surface area contributed by atoms with Crippen molar-refractivity contribution in [2.24, 2.45) is 10.5 Å². The minimum absolute atomic E-state index is 0.114. The maximum Gasteiger partial charge on any atom is 0.245 e. The summed E-state index contributed by atoms with van der Waals surface area (Å²) in [6, 6.07) is 5.64. The Hall–Kier alpha value is -1.71. The molecule has 0 aromatic carbocycles. The summed E-state index contributed by atoms with van der Waals surface area (Å²) in [6.45, 7) is 7.42. The quantitative estimate of drug-likeness (QED) is 0.610. The summed E-state index contributed by atoms with van der Waals surface area (Å²) in [7, 11) is 0. The second kappa shape index (κ2) is 4.88. The molecule has 1 amide bonds. The van der Waals surface area contributed by atoms with Gasteiger partial charge in [0.15, 0.2) is 0 Å². The fourth-order valence-corrected chi connectivity index (χ4v) is 0.961. The summed E-state index contributed by atoms with van der Waals surface area (Å²) in [6.07, 6.45) is 1.54. The SMILES string of the molecule is Cc1cccc(/C=N\NC(=O)C(C)(C)C)n1. The summed E-state index contributed by atoms with van der Waals surface area (Å²) >= 11 is 0. The molecule has 0 atom stereocenters. The predicted molar refractivity (Wildman–Crippen MR) is 64.2 cm³/mol. The Balaban J connectivity index is 2.59. The van der Waals surface area contributed by atoms with Crippen molar-refractivity contribution < 1.29 is 4.79 Å². The summed E-state index contributed by atoms with van der Waals surface area (Å²) in [5.41, 5.74) is 3.70. The zero-order valence-electron chi connectivity index (χ0n) is 10.1. The number of nitrogens with one attached hydrogen (secondary N) is 1. The lowest BCUT2D eigenvalue weighted by molar-refractivity contribution is -0.128. The van der Waals surface area contributed by atoms with Crippen LogP contribution >= 0.6 is 0 Å². The highest BCUT2D eigenvalue weighted by molar-refractivity contribution is 5.83. The normalized spacial score (nSPS) is 11.8. The van der Waals surface area contributed by atoms with Gasteiger partial charge in [-0.2, -0.15) is 5.10 Å². The number of carbonyl (C=O) groups is 1. The predicted octanol–water partition coefficient (Wildman–Crippen LogP) is 1.89. The number of nitrogens with zero attached hydrogens (tertiary/aromatic N) is 2. The molecule has 0 fully saturated rings. The van der Waals surface area contributed by atoms with Crippen molar-refractivity contribution in [2.45, 2.75) is 27.7 Å². The van der Waals surface area contributed by atoms with Gasteiger partial charge in [-0.25, -0.2) is 5.43 Å². The van der Waals surface area contributed by atoms with Gasteiger partial charge < -0.3 is 0 Å². The Kier molecular flexibility index (Phi) is 3.77. The van der Waals surface area contributed by atoms with E-state index in [-0.39, 0.29) is 5.91 Å². The first-order chi connectivity index (χ1) is 7.39. The van der Waals surface area contributed by atoms with Crippen LogP contribution < -0.4 is 5.43 Å². The van der Waals surface area contributed by atoms with Gasteiger partial charge in [-0.3, -0.25) is 9.78 Å². The average molecular weight is 219 g/mol. The van der Waals surface area contributed by atoms with E-state index in [1.807, 2.05) is 45.9 Å². The van der Waals surface area contributed by atoms with E-state index in [0.717, 1.165) is 11.4 Å². The number of aromatic nitrogens is 1. The Morgan fingerprint density at radius 3 is 2.69 bits per heavy atom. The molecule has 4 heteroatoms. The van der Waals surface area contributed by atoms with Crippen molar-refractivity contribution in [3.8, 4) is 0 Å². The molecular formula is C12H17N3O. The van der Waals surface area contributed by atoms with E-state index >= 15 is 0 Å². The summed E-state index contributed by atoms with van der Waals surface area (Å²) in [5, 5.41) is 3.86. The largest absolute Gasteiger partial charge is 0.273 e. The molecule has 16 heavy (non-hydrogen) atoms. The first-order valence-electron chi connectivity index (χ1n) is 5.17. The number of aryl methyl sites for hydroxylation is 1. The highest BCUT2D eigenvalue weighted by Crippen LogP contribution is 2.11. The highest BCUT2D eigenvalue weighted by atomic mass is 16.2. The van der Waals surface area contributed by atoms with E-state index in [9.17, 15) is 4.79 Å². The molecule has 1 rings (SSSR count). The Morgan fingerprint density at radius 2 is 2.12 bits per heavy atom. The topological polar surface area (TPSA) is 54.4 Å². The van der Waals surface area contributed by atoms with E-state index in [1.165, 1.54) is 6.21 Å². The maximum absolute atomic E-state index is 11.5. The van der Waals surface area contributed by atoms with Gasteiger partial charge in [-0.1, -0.05) is 26.8 Å². The van der Waals surface area contributed by atoms with Crippen molar-refractivity contribution in [3.05, 3.63) is 29.6 Å². The number of carbonyl (C=O) groups excluding carboxylic acids is 1. The van der Waals surface area contributed by atoms with Crippen LogP contribution in [0.3, 0.4) is 0 Å². The number of hydrogen-bond donors (Lipinski definition) is 1. The van der Waals surface area contributed by atoms with Gasteiger partial charge >= 0.3 is 0 Å². The van der Waals surface area contributed by atoms with Crippen LogP contribution in [0.25, 0.3) is 0 Å². The second-order valence-corrected chi connectivity index (χ2v) is 4.65. The molecule has 0 saturated carbocycles. The fraction of sp³-hybridized carbons (Fsp3) is 0.417. The lowest BCUT2D eigenvalue weighted by Crippen LogP contribution is -2.31. The van der Waals surface area contributed by atoms with E-state index in [2.05, 4.69) is 15.5 Å². The smallest absolute Gasteiger partial charge is 0.245 e. The lowest BCUT2D eigenvalue weighted by atomic mass is 9.96. The van der Waals surface area contributed by atoms with Gasteiger partial charge in [0, 0.05) is 11.1 Å². The van der Waals surface area contributed by atoms with E-state index in [4.69, 9.17) is 0 Å². The van der Waals surface area contributed by atoms with Crippen molar-refractivity contribution in [1.29, 1.82) is 0 Å². The van der Waals surface area contributed by atoms with Crippen LogP contribution in [0, 0.1) is 12.3 Å². The number of hydrogen-bond acceptors (Lipinski definition) is 3. The average Bonchev–Trinajstić information content (AvgIpc) is 2.16. The summed E-state index contributed by atoms with van der Waals surface area (Å²) < 4.78 is 0. The Labute approximate surface area is 95.8 Å². The first-order valence-corrected chi connectivity index (χ1v) is 5.17. The monoisotopic (exact) mass is 219 g/mol. The van der Waals surface area contributed by atoms with Gasteiger partial charge in [0.1, 0.15) is 0 Å². The molecule has 1 heterocycles. The zero-order chi connectivity index (χ0) is 12.2. The van der Waals surface area contributed by atoms with E-state index < -0.39 is 5.41 Å². The third-order valence-electron chi connectivity index (χ3n) is 1.95. The molecule has 0 saturated heterocycles. The molecule has 86 valence electrons. The molecule has 4 nitrogen and oxygen atoms in total. The molecule has 0 aliphatic carbocycles. The number of rotatable bonds is 2. The third kappa shape index (κ3) is 3.81. The molecule has 1 N–H and O–H groups in total. The van der Waals surface area contributed by atoms with Crippen molar-refractivity contribution in [2.75, 3.05) is 0 Å². The minimum atomic E-state index is -0.433. The Morgan fingerprint density at radius 1 is 1.44 bits per heavy atom. The highest BCUT2D eigenvalue weighted by Gasteiger charge is 2.20.